The van der Waals surface area contributed by atoms with Gasteiger partial charge in [0.15, 0.2) is 0 Å². The molecule has 158 valence electrons. The Morgan fingerprint density at radius 3 is 1.48 bits per heavy atom. The second kappa shape index (κ2) is 11.3. The molecule has 3 aromatic rings. The highest BCUT2D eigenvalue weighted by Gasteiger charge is 2.32. The minimum absolute atomic E-state index is 0.292. The van der Waals surface area contributed by atoms with Gasteiger partial charge in [0.05, 0.1) is 19.3 Å². The molecule has 0 saturated carbocycles. The summed E-state index contributed by atoms with van der Waals surface area (Å²) in [5.74, 6) is 0. The summed E-state index contributed by atoms with van der Waals surface area (Å²) in [6.07, 6.45) is 4.24. The lowest BCUT2D eigenvalue weighted by molar-refractivity contribution is 0.143. The Bertz CT molecular complexity index is 893. The third-order valence-electron chi connectivity index (χ3n) is 5.58. The molecule has 1 aliphatic rings. The molecule has 31 heavy (non-hydrogen) atoms. The van der Waals surface area contributed by atoms with Gasteiger partial charge in [-0.05, 0) is 16.7 Å². The van der Waals surface area contributed by atoms with Gasteiger partial charge in [-0.3, -0.25) is 19.8 Å². The van der Waals surface area contributed by atoms with Crippen LogP contribution in [-0.4, -0.2) is 61.5 Å². The van der Waals surface area contributed by atoms with Gasteiger partial charge in [-0.1, -0.05) is 91.0 Å². The Morgan fingerprint density at radius 1 is 0.613 bits per heavy atom. The highest BCUT2D eigenvalue weighted by Crippen LogP contribution is 2.29. The molecule has 1 aliphatic heterocycles. The molecule has 1 fully saturated rings. The van der Waals surface area contributed by atoms with Crippen molar-refractivity contribution in [3.8, 4) is 0 Å². The molecule has 0 bridgehead atoms. The number of hydrogen-bond acceptors (Lipinski definition) is 4. The number of nitrogens with zero attached hydrogens (tertiary/aromatic N) is 4. The highest BCUT2D eigenvalue weighted by molar-refractivity contribution is 5.79. The van der Waals surface area contributed by atoms with E-state index in [1.165, 1.54) is 5.56 Å². The van der Waals surface area contributed by atoms with Gasteiger partial charge in [-0.25, -0.2) is 0 Å². The summed E-state index contributed by atoms with van der Waals surface area (Å²) in [5, 5.41) is 0. The Labute approximate surface area is 185 Å². The fourth-order valence-corrected chi connectivity index (χ4v) is 4.04. The fourth-order valence-electron chi connectivity index (χ4n) is 4.04. The SMILES string of the molecule is C(=NCCN1CCN(CCN=Cc2ccccc2)C1c1ccccc1)c1ccccc1. The first-order valence-electron chi connectivity index (χ1n) is 11.0. The monoisotopic (exact) mass is 410 g/mol. The van der Waals surface area contributed by atoms with Crippen molar-refractivity contribution in [1.82, 2.24) is 9.80 Å². The zero-order valence-electron chi connectivity index (χ0n) is 17.9. The van der Waals surface area contributed by atoms with Crippen molar-refractivity contribution in [2.24, 2.45) is 9.98 Å². The Hall–Kier alpha value is -3.08. The van der Waals surface area contributed by atoms with Gasteiger partial charge < -0.3 is 0 Å². The van der Waals surface area contributed by atoms with Gasteiger partial charge in [0.1, 0.15) is 0 Å². The average molecular weight is 411 g/mol. The standard InChI is InChI=1S/C27H30N4/c1-4-10-24(11-5-1)22-28-16-18-30-20-21-31(27(30)26-14-8-3-9-15-26)19-17-29-23-25-12-6-2-7-13-25/h1-15,22-23,27H,16-21H2. The van der Waals surface area contributed by atoms with Gasteiger partial charge in [0.25, 0.3) is 0 Å². The smallest absolute Gasteiger partial charge is 0.0888 e. The molecule has 0 amide bonds. The van der Waals surface area contributed by atoms with Crippen LogP contribution in [0.15, 0.2) is 101 Å². The maximum absolute atomic E-state index is 4.66. The fraction of sp³-hybridized carbons (Fsp3) is 0.259. The second-order valence-corrected chi connectivity index (χ2v) is 7.75. The maximum atomic E-state index is 4.66. The number of hydrogen-bond donors (Lipinski definition) is 0. The van der Waals surface area contributed by atoms with E-state index in [-0.39, 0.29) is 0 Å². The van der Waals surface area contributed by atoms with Crippen LogP contribution in [0.1, 0.15) is 22.9 Å². The van der Waals surface area contributed by atoms with E-state index in [1.54, 1.807) is 0 Å². The molecule has 1 heterocycles. The van der Waals surface area contributed by atoms with E-state index in [0.717, 1.165) is 50.4 Å². The first-order chi connectivity index (χ1) is 15.4. The van der Waals surface area contributed by atoms with Gasteiger partial charge >= 0.3 is 0 Å². The van der Waals surface area contributed by atoms with E-state index in [2.05, 4.69) is 74.4 Å². The number of aliphatic imine (C=N–C) groups is 2. The highest BCUT2D eigenvalue weighted by atomic mass is 15.4. The second-order valence-electron chi connectivity index (χ2n) is 7.75. The molecular weight excluding hydrogens is 380 g/mol. The van der Waals surface area contributed by atoms with Gasteiger partial charge in [0.2, 0.25) is 0 Å². The van der Waals surface area contributed by atoms with Crippen molar-refractivity contribution in [2.75, 3.05) is 39.3 Å². The summed E-state index contributed by atoms with van der Waals surface area (Å²) in [4.78, 5) is 14.4. The third kappa shape index (κ3) is 6.20. The Kier molecular flexibility index (Phi) is 7.75. The lowest BCUT2D eigenvalue weighted by Crippen LogP contribution is -2.33. The largest absolute Gasteiger partial charge is 0.291 e. The predicted octanol–water partition coefficient (Wildman–Crippen LogP) is 4.54. The quantitative estimate of drug-likeness (QED) is 0.485. The summed E-state index contributed by atoms with van der Waals surface area (Å²) in [6.45, 7) is 5.63. The predicted molar refractivity (Wildman–Crippen MR) is 130 cm³/mol. The van der Waals surface area contributed by atoms with Crippen LogP contribution in [-0.2, 0) is 0 Å². The zero-order chi connectivity index (χ0) is 21.1. The molecule has 0 unspecified atom stereocenters. The van der Waals surface area contributed by atoms with Crippen LogP contribution in [0.3, 0.4) is 0 Å². The summed E-state index contributed by atoms with van der Waals surface area (Å²) in [7, 11) is 0. The first kappa shape index (κ1) is 21.2. The van der Waals surface area contributed by atoms with E-state index in [1.807, 2.05) is 48.8 Å². The van der Waals surface area contributed by atoms with Crippen molar-refractivity contribution in [1.29, 1.82) is 0 Å². The Morgan fingerprint density at radius 2 is 1.03 bits per heavy atom. The molecule has 1 saturated heterocycles. The zero-order valence-corrected chi connectivity index (χ0v) is 17.9. The lowest BCUT2D eigenvalue weighted by Gasteiger charge is -2.30. The van der Waals surface area contributed by atoms with E-state index in [0.29, 0.717) is 6.17 Å². The summed E-state index contributed by atoms with van der Waals surface area (Å²) < 4.78 is 0. The van der Waals surface area contributed by atoms with Crippen molar-refractivity contribution in [3.05, 3.63) is 108 Å². The van der Waals surface area contributed by atoms with Gasteiger partial charge in [-0.2, -0.15) is 0 Å². The van der Waals surface area contributed by atoms with E-state index < -0.39 is 0 Å². The molecule has 0 N–H and O–H groups in total. The Balaban J connectivity index is 1.35. The minimum Gasteiger partial charge on any atom is -0.291 e. The van der Waals surface area contributed by atoms with Crippen LogP contribution in [0, 0.1) is 0 Å². The van der Waals surface area contributed by atoms with Crippen molar-refractivity contribution in [3.63, 3.8) is 0 Å². The van der Waals surface area contributed by atoms with E-state index in [4.69, 9.17) is 0 Å². The first-order valence-corrected chi connectivity index (χ1v) is 11.0. The molecular formula is C27H30N4. The maximum Gasteiger partial charge on any atom is 0.0888 e. The van der Waals surface area contributed by atoms with Crippen molar-refractivity contribution < 1.29 is 0 Å². The number of benzene rings is 3. The molecule has 0 radical (unpaired) electrons. The molecule has 0 aliphatic carbocycles. The van der Waals surface area contributed by atoms with Crippen LogP contribution in [0.5, 0.6) is 0 Å². The third-order valence-corrected chi connectivity index (χ3v) is 5.58. The molecule has 4 rings (SSSR count). The van der Waals surface area contributed by atoms with Gasteiger partial charge in [0, 0.05) is 38.6 Å². The van der Waals surface area contributed by atoms with E-state index >= 15 is 0 Å². The number of rotatable bonds is 9. The topological polar surface area (TPSA) is 31.2 Å². The summed E-state index contributed by atoms with van der Waals surface area (Å²) in [6, 6.07) is 31.4. The van der Waals surface area contributed by atoms with Crippen LogP contribution in [0.25, 0.3) is 0 Å². The molecule has 4 nitrogen and oxygen atoms in total. The molecule has 0 aromatic heterocycles. The van der Waals surface area contributed by atoms with Crippen LogP contribution < -0.4 is 0 Å². The van der Waals surface area contributed by atoms with Crippen molar-refractivity contribution in [2.45, 2.75) is 6.17 Å². The van der Waals surface area contributed by atoms with Crippen LogP contribution in [0.4, 0.5) is 0 Å². The van der Waals surface area contributed by atoms with E-state index in [9.17, 15) is 0 Å². The molecule has 3 aromatic carbocycles. The van der Waals surface area contributed by atoms with Gasteiger partial charge in [-0.15, -0.1) is 0 Å². The van der Waals surface area contributed by atoms with Crippen molar-refractivity contribution >= 4 is 12.4 Å². The molecule has 0 spiro atoms. The normalized spacial score (nSPS) is 17.7. The molecule has 0 atom stereocenters. The van der Waals surface area contributed by atoms with Crippen LogP contribution >= 0.6 is 0 Å². The minimum atomic E-state index is 0.292. The van der Waals surface area contributed by atoms with Crippen LogP contribution in [0.2, 0.25) is 0 Å². The summed E-state index contributed by atoms with van der Waals surface area (Å²) >= 11 is 0. The summed E-state index contributed by atoms with van der Waals surface area (Å²) in [5.41, 5.74) is 3.65. The average Bonchev–Trinajstić information content (AvgIpc) is 3.24. The molecule has 4 heteroatoms. The lowest BCUT2D eigenvalue weighted by atomic mass is 10.1.